The maximum atomic E-state index is 12.8. The SMILES string of the molecule is CCCCC(=O)N1CCCN(C(=O)c2ccc3c(c2)ncn3C)CC1. The third-order valence-corrected chi connectivity index (χ3v) is 4.85. The number of hydrogen-bond donors (Lipinski definition) is 0. The predicted octanol–water partition coefficient (Wildman–Crippen LogP) is 2.44. The number of hydrogen-bond acceptors (Lipinski definition) is 3. The van der Waals surface area contributed by atoms with Crippen molar-refractivity contribution in [1.29, 1.82) is 0 Å². The van der Waals surface area contributed by atoms with Crippen LogP contribution in [0.25, 0.3) is 11.0 Å². The number of fused-ring (bicyclic) bond motifs is 1. The van der Waals surface area contributed by atoms with Crippen molar-refractivity contribution in [3.05, 3.63) is 30.1 Å². The molecule has 6 heteroatoms. The summed E-state index contributed by atoms with van der Waals surface area (Å²) >= 11 is 0. The van der Waals surface area contributed by atoms with Crippen molar-refractivity contribution in [2.24, 2.45) is 7.05 Å². The number of nitrogens with zero attached hydrogens (tertiary/aromatic N) is 4. The molecule has 1 saturated heterocycles. The minimum Gasteiger partial charge on any atom is -0.341 e. The molecular formula is C19H26N4O2. The standard InChI is InChI=1S/C19H26N4O2/c1-3-4-6-18(24)22-9-5-10-23(12-11-22)19(25)15-7-8-17-16(13-15)20-14-21(17)2/h7-8,13-14H,3-6,9-12H2,1-2H3. The molecule has 1 fully saturated rings. The monoisotopic (exact) mass is 342 g/mol. The maximum Gasteiger partial charge on any atom is 0.253 e. The van der Waals surface area contributed by atoms with Gasteiger partial charge in [0.15, 0.2) is 0 Å². The number of benzene rings is 1. The predicted molar refractivity (Wildman–Crippen MR) is 97.3 cm³/mol. The lowest BCUT2D eigenvalue weighted by Gasteiger charge is -2.22. The minimum absolute atomic E-state index is 0.0235. The first-order valence-corrected chi connectivity index (χ1v) is 9.08. The fourth-order valence-corrected chi connectivity index (χ4v) is 3.31. The quantitative estimate of drug-likeness (QED) is 0.857. The molecule has 3 rings (SSSR count). The van der Waals surface area contributed by atoms with E-state index in [4.69, 9.17) is 0 Å². The van der Waals surface area contributed by atoms with E-state index in [0.717, 1.165) is 36.8 Å². The Balaban J connectivity index is 1.66. The molecule has 0 atom stereocenters. The second-order valence-corrected chi connectivity index (χ2v) is 6.69. The van der Waals surface area contributed by atoms with Gasteiger partial charge in [-0.05, 0) is 31.0 Å². The molecule has 0 bridgehead atoms. The van der Waals surface area contributed by atoms with Gasteiger partial charge in [-0.2, -0.15) is 0 Å². The van der Waals surface area contributed by atoms with E-state index < -0.39 is 0 Å². The van der Waals surface area contributed by atoms with Gasteiger partial charge in [-0.15, -0.1) is 0 Å². The number of rotatable bonds is 4. The zero-order chi connectivity index (χ0) is 17.8. The van der Waals surface area contributed by atoms with Gasteiger partial charge in [0.05, 0.1) is 17.4 Å². The van der Waals surface area contributed by atoms with E-state index in [1.54, 1.807) is 6.33 Å². The summed E-state index contributed by atoms with van der Waals surface area (Å²) in [4.78, 5) is 33.2. The summed E-state index contributed by atoms with van der Waals surface area (Å²) in [5.74, 6) is 0.237. The third kappa shape index (κ3) is 3.83. The number of aryl methyl sites for hydroxylation is 1. The van der Waals surface area contributed by atoms with E-state index in [1.165, 1.54) is 0 Å². The van der Waals surface area contributed by atoms with Gasteiger partial charge in [0, 0.05) is 45.2 Å². The highest BCUT2D eigenvalue weighted by atomic mass is 16.2. The second kappa shape index (κ2) is 7.68. The summed E-state index contributed by atoms with van der Waals surface area (Å²) in [7, 11) is 1.94. The lowest BCUT2D eigenvalue weighted by molar-refractivity contribution is -0.131. The average molecular weight is 342 g/mol. The molecule has 0 N–H and O–H groups in total. The zero-order valence-corrected chi connectivity index (χ0v) is 15.1. The number of aromatic nitrogens is 2. The van der Waals surface area contributed by atoms with Gasteiger partial charge in [-0.25, -0.2) is 4.98 Å². The van der Waals surface area contributed by atoms with Crippen molar-refractivity contribution in [2.75, 3.05) is 26.2 Å². The molecule has 1 aromatic carbocycles. The van der Waals surface area contributed by atoms with Crippen LogP contribution in [0.4, 0.5) is 0 Å². The Kier molecular flexibility index (Phi) is 5.36. The third-order valence-electron chi connectivity index (χ3n) is 4.85. The van der Waals surface area contributed by atoms with E-state index in [9.17, 15) is 9.59 Å². The van der Waals surface area contributed by atoms with Gasteiger partial charge in [0.1, 0.15) is 0 Å². The van der Waals surface area contributed by atoms with Crippen LogP contribution >= 0.6 is 0 Å². The molecule has 0 saturated carbocycles. The molecule has 2 aromatic rings. The van der Waals surface area contributed by atoms with Crippen LogP contribution in [0.2, 0.25) is 0 Å². The van der Waals surface area contributed by atoms with Crippen LogP contribution in [0.1, 0.15) is 43.0 Å². The van der Waals surface area contributed by atoms with Crippen molar-refractivity contribution in [1.82, 2.24) is 19.4 Å². The molecule has 1 aliphatic rings. The fourth-order valence-electron chi connectivity index (χ4n) is 3.31. The first-order valence-electron chi connectivity index (χ1n) is 9.08. The Labute approximate surface area is 148 Å². The van der Waals surface area contributed by atoms with Crippen LogP contribution in [0.15, 0.2) is 24.5 Å². The van der Waals surface area contributed by atoms with Crippen LogP contribution in [-0.4, -0.2) is 57.3 Å². The smallest absolute Gasteiger partial charge is 0.253 e. The molecule has 2 amide bonds. The molecule has 2 heterocycles. The summed E-state index contributed by atoms with van der Waals surface area (Å²) in [5.41, 5.74) is 2.51. The lowest BCUT2D eigenvalue weighted by Crippen LogP contribution is -2.37. The summed E-state index contributed by atoms with van der Waals surface area (Å²) in [6, 6.07) is 5.65. The number of carbonyl (C=O) groups is 2. The molecule has 0 aliphatic carbocycles. The fraction of sp³-hybridized carbons (Fsp3) is 0.526. The van der Waals surface area contributed by atoms with Gasteiger partial charge in [-0.1, -0.05) is 13.3 Å². The van der Waals surface area contributed by atoms with Crippen molar-refractivity contribution in [3.63, 3.8) is 0 Å². The normalized spacial score (nSPS) is 15.4. The summed E-state index contributed by atoms with van der Waals surface area (Å²) in [6.07, 6.45) is 5.16. The van der Waals surface area contributed by atoms with Crippen molar-refractivity contribution in [3.8, 4) is 0 Å². The van der Waals surface area contributed by atoms with E-state index >= 15 is 0 Å². The second-order valence-electron chi connectivity index (χ2n) is 6.69. The van der Waals surface area contributed by atoms with Crippen LogP contribution in [0.3, 0.4) is 0 Å². The van der Waals surface area contributed by atoms with Gasteiger partial charge in [-0.3, -0.25) is 9.59 Å². The van der Waals surface area contributed by atoms with Crippen molar-refractivity contribution >= 4 is 22.8 Å². The van der Waals surface area contributed by atoms with E-state index in [1.807, 2.05) is 39.6 Å². The molecule has 0 spiro atoms. The molecule has 134 valence electrons. The number of amides is 2. The Hall–Kier alpha value is -2.37. The molecular weight excluding hydrogens is 316 g/mol. The highest BCUT2D eigenvalue weighted by Crippen LogP contribution is 2.16. The number of unbranched alkanes of at least 4 members (excludes halogenated alkanes) is 1. The van der Waals surface area contributed by atoms with Crippen molar-refractivity contribution in [2.45, 2.75) is 32.6 Å². The largest absolute Gasteiger partial charge is 0.341 e. The average Bonchev–Trinajstić information content (AvgIpc) is 2.85. The summed E-state index contributed by atoms with van der Waals surface area (Å²) in [6.45, 7) is 4.74. The Bertz CT molecular complexity index is 768. The molecule has 1 aliphatic heterocycles. The highest BCUT2D eigenvalue weighted by molar-refractivity contribution is 5.97. The van der Waals surface area contributed by atoms with Gasteiger partial charge >= 0.3 is 0 Å². The molecule has 0 unspecified atom stereocenters. The van der Waals surface area contributed by atoms with Gasteiger partial charge in [0.25, 0.3) is 5.91 Å². The van der Waals surface area contributed by atoms with E-state index in [2.05, 4.69) is 11.9 Å². The topological polar surface area (TPSA) is 58.4 Å². The first-order chi connectivity index (χ1) is 12.1. The Morgan fingerprint density at radius 3 is 2.68 bits per heavy atom. The maximum absolute atomic E-state index is 12.8. The minimum atomic E-state index is 0.0235. The molecule has 1 aromatic heterocycles. The van der Waals surface area contributed by atoms with Crippen LogP contribution in [0, 0.1) is 0 Å². The summed E-state index contributed by atoms with van der Waals surface area (Å²) in [5, 5.41) is 0. The first kappa shape index (κ1) is 17.5. The number of imidazole rings is 1. The number of carbonyl (C=O) groups excluding carboxylic acids is 2. The summed E-state index contributed by atoms with van der Waals surface area (Å²) < 4.78 is 1.94. The highest BCUT2D eigenvalue weighted by Gasteiger charge is 2.22. The van der Waals surface area contributed by atoms with Crippen LogP contribution in [-0.2, 0) is 11.8 Å². The molecule has 0 radical (unpaired) electrons. The molecule has 6 nitrogen and oxygen atoms in total. The zero-order valence-electron chi connectivity index (χ0n) is 15.1. The van der Waals surface area contributed by atoms with Crippen LogP contribution < -0.4 is 0 Å². The van der Waals surface area contributed by atoms with Crippen molar-refractivity contribution < 1.29 is 9.59 Å². The van der Waals surface area contributed by atoms with Gasteiger partial charge in [0.2, 0.25) is 5.91 Å². The Morgan fingerprint density at radius 1 is 1.12 bits per heavy atom. The van der Waals surface area contributed by atoms with Gasteiger partial charge < -0.3 is 14.4 Å². The van der Waals surface area contributed by atoms with E-state index in [0.29, 0.717) is 31.6 Å². The Morgan fingerprint density at radius 2 is 1.88 bits per heavy atom. The lowest BCUT2D eigenvalue weighted by atomic mass is 10.1. The van der Waals surface area contributed by atoms with Crippen LogP contribution in [0.5, 0.6) is 0 Å². The van der Waals surface area contributed by atoms with E-state index in [-0.39, 0.29) is 11.8 Å². The molecule has 25 heavy (non-hydrogen) atoms.